The highest BCUT2D eigenvalue weighted by molar-refractivity contribution is 8.13. The molecule has 110 valence electrons. The van der Waals surface area contributed by atoms with Crippen LogP contribution in [0.4, 0.5) is 22.0 Å². The standard InChI is InChI=1S/C9H3ClF5NO3S/c10-20(17,18)7-5(9(13,14)15)1-4(3-16)2-6(7)19-8(11)12/h1-2,8H. The molecule has 0 atom stereocenters. The molecule has 1 rings (SSSR count). The third-order valence-electron chi connectivity index (χ3n) is 1.95. The van der Waals surface area contributed by atoms with Crippen LogP contribution in [-0.2, 0) is 15.2 Å². The molecule has 0 amide bonds. The van der Waals surface area contributed by atoms with Crippen LogP contribution in [0.15, 0.2) is 17.0 Å². The zero-order chi connectivity index (χ0) is 15.7. The summed E-state index contributed by atoms with van der Waals surface area (Å²) in [7, 11) is -0.215. The summed E-state index contributed by atoms with van der Waals surface area (Å²) in [5, 5.41) is 8.54. The summed E-state index contributed by atoms with van der Waals surface area (Å²) in [6.45, 7) is -3.60. The first kappa shape index (κ1) is 16.5. The van der Waals surface area contributed by atoms with Crippen molar-refractivity contribution in [3.8, 4) is 11.8 Å². The van der Waals surface area contributed by atoms with Crippen molar-refractivity contribution in [3.05, 3.63) is 23.3 Å². The second-order valence-electron chi connectivity index (χ2n) is 3.28. The van der Waals surface area contributed by atoms with Crippen LogP contribution in [0.25, 0.3) is 0 Å². The molecule has 20 heavy (non-hydrogen) atoms. The van der Waals surface area contributed by atoms with Crippen molar-refractivity contribution in [3.63, 3.8) is 0 Å². The van der Waals surface area contributed by atoms with Crippen LogP contribution in [0.2, 0.25) is 0 Å². The molecular weight excluding hydrogens is 333 g/mol. The quantitative estimate of drug-likeness (QED) is 0.629. The Morgan fingerprint density at radius 1 is 1.30 bits per heavy atom. The molecule has 0 saturated heterocycles. The minimum Gasteiger partial charge on any atom is -0.433 e. The summed E-state index contributed by atoms with van der Waals surface area (Å²) in [5.41, 5.74) is -2.57. The first-order valence-corrected chi connectivity index (χ1v) is 6.82. The van der Waals surface area contributed by atoms with Gasteiger partial charge in [0.2, 0.25) is 0 Å². The lowest BCUT2D eigenvalue weighted by Crippen LogP contribution is -2.14. The Hall–Kier alpha value is -1.60. The highest BCUT2D eigenvalue weighted by atomic mass is 35.7. The maximum atomic E-state index is 12.7. The molecule has 1 aromatic carbocycles. The van der Waals surface area contributed by atoms with E-state index in [0.717, 1.165) is 0 Å². The van der Waals surface area contributed by atoms with Gasteiger partial charge in [-0.3, -0.25) is 0 Å². The molecule has 0 N–H and O–H groups in total. The fraction of sp³-hybridized carbons (Fsp3) is 0.222. The molecule has 1 aromatic rings. The maximum absolute atomic E-state index is 12.7. The predicted octanol–water partition coefficient (Wildman–Crippen LogP) is 3.11. The largest absolute Gasteiger partial charge is 0.433 e. The second kappa shape index (κ2) is 5.41. The highest BCUT2D eigenvalue weighted by Crippen LogP contribution is 2.41. The van der Waals surface area contributed by atoms with E-state index in [9.17, 15) is 30.4 Å². The SMILES string of the molecule is N#Cc1cc(OC(F)F)c(S(=O)(=O)Cl)c(C(F)(F)F)c1. The lowest BCUT2D eigenvalue weighted by molar-refractivity contribution is -0.140. The van der Waals surface area contributed by atoms with Gasteiger partial charge in [0.25, 0.3) is 9.05 Å². The van der Waals surface area contributed by atoms with Gasteiger partial charge in [-0.25, -0.2) is 8.42 Å². The van der Waals surface area contributed by atoms with Gasteiger partial charge in [0, 0.05) is 10.7 Å². The fourth-order valence-electron chi connectivity index (χ4n) is 1.31. The van der Waals surface area contributed by atoms with Crippen molar-refractivity contribution >= 4 is 19.7 Å². The number of nitriles is 1. The monoisotopic (exact) mass is 335 g/mol. The molecule has 0 spiro atoms. The predicted molar refractivity (Wildman–Crippen MR) is 55.8 cm³/mol. The van der Waals surface area contributed by atoms with Gasteiger partial charge in [0.05, 0.1) is 17.2 Å². The summed E-state index contributed by atoms with van der Waals surface area (Å²) in [6, 6.07) is 1.87. The topological polar surface area (TPSA) is 67.2 Å². The Bertz CT molecular complexity index is 665. The Morgan fingerprint density at radius 3 is 2.20 bits per heavy atom. The van der Waals surface area contributed by atoms with Gasteiger partial charge < -0.3 is 4.74 Å². The van der Waals surface area contributed by atoms with Gasteiger partial charge in [-0.15, -0.1) is 0 Å². The van der Waals surface area contributed by atoms with Crippen LogP contribution in [0.1, 0.15) is 11.1 Å². The third kappa shape index (κ3) is 3.71. The van der Waals surface area contributed by atoms with Gasteiger partial charge >= 0.3 is 12.8 Å². The van der Waals surface area contributed by atoms with E-state index in [1.54, 1.807) is 0 Å². The zero-order valence-corrected chi connectivity index (χ0v) is 10.7. The lowest BCUT2D eigenvalue weighted by atomic mass is 10.1. The van der Waals surface area contributed by atoms with Crippen LogP contribution in [0, 0.1) is 11.3 Å². The minimum absolute atomic E-state index is 0.174. The molecule has 11 heteroatoms. The van der Waals surface area contributed by atoms with Crippen molar-refractivity contribution in [2.24, 2.45) is 0 Å². The zero-order valence-electron chi connectivity index (χ0n) is 9.08. The van der Waals surface area contributed by atoms with Gasteiger partial charge in [-0.2, -0.15) is 27.2 Å². The van der Waals surface area contributed by atoms with Gasteiger partial charge in [0.15, 0.2) is 0 Å². The summed E-state index contributed by atoms with van der Waals surface area (Å²) in [6.07, 6.45) is -5.23. The van der Waals surface area contributed by atoms with E-state index in [4.69, 9.17) is 15.9 Å². The molecule has 0 saturated carbocycles. The number of halogens is 6. The van der Waals surface area contributed by atoms with Crippen molar-refractivity contribution in [1.82, 2.24) is 0 Å². The minimum atomic E-state index is -5.23. The van der Waals surface area contributed by atoms with E-state index in [1.165, 1.54) is 6.07 Å². The molecular formula is C9H3ClF5NO3S. The van der Waals surface area contributed by atoms with Gasteiger partial charge in [-0.05, 0) is 12.1 Å². The van der Waals surface area contributed by atoms with E-state index in [2.05, 4.69) is 4.74 Å². The molecule has 0 aliphatic heterocycles. The number of nitrogens with zero attached hydrogens (tertiary/aromatic N) is 1. The molecule has 0 unspecified atom stereocenters. The van der Waals surface area contributed by atoms with Crippen LogP contribution in [0.5, 0.6) is 5.75 Å². The maximum Gasteiger partial charge on any atom is 0.417 e. The van der Waals surface area contributed by atoms with Crippen LogP contribution < -0.4 is 4.74 Å². The van der Waals surface area contributed by atoms with E-state index in [1.807, 2.05) is 0 Å². The summed E-state index contributed by atoms with van der Waals surface area (Å²) in [5.74, 6) is -1.35. The molecule has 4 nitrogen and oxygen atoms in total. The van der Waals surface area contributed by atoms with Gasteiger partial charge in [0.1, 0.15) is 10.6 Å². The van der Waals surface area contributed by atoms with Gasteiger partial charge in [-0.1, -0.05) is 0 Å². The molecule has 0 aliphatic carbocycles. The molecule has 0 fully saturated rings. The smallest absolute Gasteiger partial charge is 0.417 e. The summed E-state index contributed by atoms with van der Waals surface area (Å²) < 4.78 is 88.5. The average Bonchev–Trinajstić information content (AvgIpc) is 2.24. The molecule has 0 aliphatic rings. The Balaban J connectivity index is 3.78. The Labute approximate surface area is 113 Å². The number of alkyl halides is 5. The van der Waals surface area contributed by atoms with Crippen LogP contribution in [0.3, 0.4) is 0 Å². The highest BCUT2D eigenvalue weighted by Gasteiger charge is 2.40. The third-order valence-corrected chi connectivity index (χ3v) is 3.32. The van der Waals surface area contributed by atoms with Crippen molar-refractivity contribution in [2.45, 2.75) is 17.7 Å². The number of hydrogen-bond donors (Lipinski definition) is 0. The first-order chi connectivity index (χ1) is 8.96. The van der Waals surface area contributed by atoms with E-state index in [0.29, 0.717) is 6.07 Å². The van der Waals surface area contributed by atoms with Crippen molar-refractivity contribution < 1.29 is 35.1 Å². The first-order valence-electron chi connectivity index (χ1n) is 4.51. The van der Waals surface area contributed by atoms with E-state index >= 15 is 0 Å². The van der Waals surface area contributed by atoms with E-state index < -0.39 is 43.6 Å². The molecule has 0 aromatic heterocycles. The summed E-state index contributed by atoms with van der Waals surface area (Å²) in [4.78, 5) is -1.66. The number of rotatable bonds is 3. The lowest BCUT2D eigenvalue weighted by Gasteiger charge is -2.15. The second-order valence-corrected chi connectivity index (χ2v) is 5.78. The number of hydrogen-bond acceptors (Lipinski definition) is 4. The number of benzene rings is 1. The van der Waals surface area contributed by atoms with E-state index in [-0.39, 0.29) is 6.07 Å². The molecule has 0 radical (unpaired) electrons. The Morgan fingerprint density at radius 2 is 1.85 bits per heavy atom. The fourth-order valence-corrected chi connectivity index (χ4v) is 2.57. The average molecular weight is 336 g/mol. The normalized spacial score (nSPS) is 12.3. The van der Waals surface area contributed by atoms with Crippen LogP contribution in [-0.4, -0.2) is 15.0 Å². The van der Waals surface area contributed by atoms with Crippen molar-refractivity contribution in [1.29, 1.82) is 5.26 Å². The number of ether oxygens (including phenoxy) is 1. The summed E-state index contributed by atoms with van der Waals surface area (Å²) >= 11 is 0. The molecule has 0 bridgehead atoms. The van der Waals surface area contributed by atoms with Crippen molar-refractivity contribution in [2.75, 3.05) is 0 Å². The molecule has 0 heterocycles. The Kier molecular flexibility index (Phi) is 4.45. The van der Waals surface area contributed by atoms with Crippen LogP contribution >= 0.6 is 10.7 Å².